The highest BCUT2D eigenvalue weighted by atomic mass is 32.1. The Kier molecular flexibility index (Phi) is 5.40. The van der Waals surface area contributed by atoms with Gasteiger partial charge in [-0.2, -0.15) is 0 Å². The number of rotatable bonds is 3. The molecular formula is C43H28N2S. The molecule has 3 aromatic heterocycles. The average molecular weight is 605 g/mol. The SMILES string of the molecule is Cc1ccc2c(c1)sc1ccc(-n3c4ccccc4c4cc(-c5ccc6c(c5)c5ccccc5n6-c5ccccc5)ccc43)cc12. The quantitative estimate of drug-likeness (QED) is 0.190. The van der Waals surface area contributed by atoms with E-state index in [-0.39, 0.29) is 0 Å². The summed E-state index contributed by atoms with van der Waals surface area (Å²) in [4.78, 5) is 0. The number of aromatic nitrogens is 2. The second-order valence-corrected chi connectivity index (χ2v) is 13.4. The summed E-state index contributed by atoms with van der Waals surface area (Å²) in [5.74, 6) is 0. The Labute approximate surface area is 270 Å². The van der Waals surface area contributed by atoms with Crippen LogP contribution in [0.2, 0.25) is 0 Å². The summed E-state index contributed by atoms with van der Waals surface area (Å²) in [5, 5.41) is 7.73. The third kappa shape index (κ3) is 3.70. The molecule has 0 aliphatic rings. The van der Waals surface area contributed by atoms with Gasteiger partial charge in [0.15, 0.2) is 0 Å². The van der Waals surface area contributed by atoms with Gasteiger partial charge in [0.2, 0.25) is 0 Å². The number of aryl methyl sites for hydroxylation is 1. The fourth-order valence-corrected chi connectivity index (χ4v) is 8.63. The van der Waals surface area contributed by atoms with Gasteiger partial charge in [-0.15, -0.1) is 11.3 Å². The lowest BCUT2D eigenvalue weighted by molar-refractivity contribution is 1.18. The van der Waals surface area contributed by atoms with Crippen molar-refractivity contribution in [3.8, 4) is 22.5 Å². The van der Waals surface area contributed by atoms with E-state index in [2.05, 4.69) is 168 Å². The highest BCUT2D eigenvalue weighted by Gasteiger charge is 2.16. The summed E-state index contributed by atoms with van der Waals surface area (Å²) >= 11 is 1.88. The zero-order valence-electron chi connectivity index (χ0n) is 25.2. The normalized spacial score (nSPS) is 12.0. The molecule has 0 saturated carbocycles. The van der Waals surface area contributed by atoms with Crippen LogP contribution in [0.1, 0.15) is 5.56 Å². The van der Waals surface area contributed by atoms with E-state index in [0.29, 0.717) is 0 Å². The van der Waals surface area contributed by atoms with Gasteiger partial charge in [0, 0.05) is 53.1 Å². The molecule has 10 aromatic rings. The first-order valence-electron chi connectivity index (χ1n) is 15.8. The molecule has 2 nitrogen and oxygen atoms in total. The number of para-hydroxylation sites is 3. The minimum Gasteiger partial charge on any atom is -0.309 e. The number of benzene rings is 7. The maximum atomic E-state index is 2.43. The molecule has 0 aliphatic heterocycles. The van der Waals surface area contributed by atoms with Crippen molar-refractivity contribution in [1.82, 2.24) is 9.13 Å². The molecular weight excluding hydrogens is 577 g/mol. The molecule has 0 bridgehead atoms. The molecule has 7 aromatic carbocycles. The predicted molar refractivity (Wildman–Crippen MR) is 198 cm³/mol. The number of nitrogens with zero attached hydrogens (tertiary/aromatic N) is 2. The number of hydrogen-bond donors (Lipinski definition) is 0. The van der Waals surface area contributed by atoms with Gasteiger partial charge in [0.05, 0.1) is 22.1 Å². The van der Waals surface area contributed by atoms with E-state index < -0.39 is 0 Å². The highest BCUT2D eigenvalue weighted by molar-refractivity contribution is 7.25. The maximum absolute atomic E-state index is 2.43. The molecule has 0 saturated heterocycles. The number of hydrogen-bond acceptors (Lipinski definition) is 1. The van der Waals surface area contributed by atoms with Crippen LogP contribution in [0.5, 0.6) is 0 Å². The fraction of sp³-hybridized carbons (Fsp3) is 0.0233. The van der Waals surface area contributed by atoms with Crippen molar-refractivity contribution < 1.29 is 0 Å². The van der Waals surface area contributed by atoms with Crippen molar-refractivity contribution in [2.45, 2.75) is 6.92 Å². The summed E-state index contributed by atoms with van der Waals surface area (Å²) < 4.78 is 7.49. The van der Waals surface area contributed by atoms with E-state index >= 15 is 0 Å². The van der Waals surface area contributed by atoms with E-state index in [4.69, 9.17) is 0 Å². The predicted octanol–water partition coefficient (Wildman–Crippen LogP) is 12.2. The summed E-state index contributed by atoms with van der Waals surface area (Å²) in [6.45, 7) is 2.17. The topological polar surface area (TPSA) is 9.86 Å². The molecule has 10 rings (SSSR count). The van der Waals surface area contributed by atoms with Gasteiger partial charge in [-0.05, 0) is 96.4 Å². The third-order valence-corrected chi connectivity index (χ3v) is 10.7. The Morgan fingerprint density at radius 1 is 0.370 bits per heavy atom. The maximum Gasteiger partial charge on any atom is 0.0541 e. The van der Waals surface area contributed by atoms with E-state index in [1.807, 2.05) is 11.3 Å². The smallest absolute Gasteiger partial charge is 0.0541 e. The summed E-state index contributed by atoms with van der Waals surface area (Å²) in [6, 6.07) is 55.9. The van der Waals surface area contributed by atoms with Crippen LogP contribution < -0.4 is 0 Å². The van der Waals surface area contributed by atoms with Gasteiger partial charge in [-0.1, -0.05) is 78.9 Å². The van der Waals surface area contributed by atoms with Crippen LogP contribution in [-0.4, -0.2) is 9.13 Å². The van der Waals surface area contributed by atoms with Gasteiger partial charge < -0.3 is 9.13 Å². The number of thiophene rings is 1. The molecule has 0 aliphatic carbocycles. The van der Waals surface area contributed by atoms with Crippen LogP contribution in [0.3, 0.4) is 0 Å². The molecule has 0 spiro atoms. The van der Waals surface area contributed by atoms with Gasteiger partial charge in [0.25, 0.3) is 0 Å². The van der Waals surface area contributed by atoms with Crippen LogP contribution >= 0.6 is 11.3 Å². The van der Waals surface area contributed by atoms with Crippen LogP contribution in [-0.2, 0) is 0 Å². The van der Waals surface area contributed by atoms with E-state index in [1.165, 1.54) is 91.8 Å². The fourth-order valence-electron chi connectivity index (χ4n) is 7.45. The van der Waals surface area contributed by atoms with Crippen molar-refractivity contribution >= 4 is 75.1 Å². The second-order valence-electron chi connectivity index (χ2n) is 12.3. The Hall–Kier alpha value is -5.64. The highest BCUT2D eigenvalue weighted by Crippen LogP contribution is 2.40. The van der Waals surface area contributed by atoms with Crippen molar-refractivity contribution in [1.29, 1.82) is 0 Å². The van der Waals surface area contributed by atoms with Crippen molar-refractivity contribution in [3.63, 3.8) is 0 Å². The van der Waals surface area contributed by atoms with Gasteiger partial charge in [-0.25, -0.2) is 0 Å². The first-order valence-corrected chi connectivity index (χ1v) is 16.6. The Morgan fingerprint density at radius 3 is 1.63 bits per heavy atom. The van der Waals surface area contributed by atoms with Crippen LogP contribution in [0.25, 0.3) is 86.3 Å². The first-order chi connectivity index (χ1) is 22.7. The lowest BCUT2D eigenvalue weighted by Crippen LogP contribution is -1.93. The molecule has 216 valence electrons. The summed E-state index contributed by atoms with van der Waals surface area (Å²) in [7, 11) is 0. The molecule has 0 amide bonds. The van der Waals surface area contributed by atoms with Gasteiger partial charge in [-0.3, -0.25) is 0 Å². The minimum atomic E-state index is 1.18. The molecule has 3 heterocycles. The van der Waals surface area contributed by atoms with Crippen LogP contribution in [0.4, 0.5) is 0 Å². The largest absolute Gasteiger partial charge is 0.309 e. The van der Waals surface area contributed by atoms with Crippen molar-refractivity contribution in [3.05, 3.63) is 157 Å². The molecule has 46 heavy (non-hydrogen) atoms. The Morgan fingerprint density at radius 2 is 0.957 bits per heavy atom. The molecule has 0 N–H and O–H groups in total. The Balaban J connectivity index is 1.17. The zero-order chi connectivity index (χ0) is 30.4. The number of fused-ring (bicyclic) bond motifs is 9. The molecule has 0 fully saturated rings. The van der Waals surface area contributed by atoms with E-state index in [1.54, 1.807) is 0 Å². The standard InChI is InChI=1S/C43H28N2S/c1-27-15-19-34-37-26-31(18-22-42(37)46-43(34)23-27)45-39-14-8-6-12-33(39)36-25-29(17-21-41(36)45)28-16-20-40-35(24-28)32-11-5-7-13-38(32)44(40)30-9-3-2-4-10-30/h2-26H,1H3. The van der Waals surface area contributed by atoms with Gasteiger partial charge >= 0.3 is 0 Å². The van der Waals surface area contributed by atoms with Crippen LogP contribution in [0, 0.1) is 6.92 Å². The third-order valence-electron chi connectivity index (χ3n) is 9.56. The molecule has 0 radical (unpaired) electrons. The van der Waals surface area contributed by atoms with Gasteiger partial charge in [0.1, 0.15) is 0 Å². The summed E-state index contributed by atoms with van der Waals surface area (Å²) in [6.07, 6.45) is 0. The minimum absolute atomic E-state index is 1.18. The summed E-state index contributed by atoms with van der Waals surface area (Å²) in [5.41, 5.74) is 11.0. The Bertz CT molecular complexity index is 2810. The molecule has 0 atom stereocenters. The second kappa shape index (κ2) is 9.68. The lowest BCUT2D eigenvalue weighted by atomic mass is 10.0. The lowest BCUT2D eigenvalue weighted by Gasteiger charge is -2.10. The molecule has 0 unspecified atom stereocenters. The average Bonchev–Trinajstić information content (AvgIpc) is 3.75. The first kappa shape index (κ1) is 25.7. The van der Waals surface area contributed by atoms with Crippen molar-refractivity contribution in [2.24, 2.45) is 0 Å². The van der Waals surface area contributed by atoms with Crippen molar-refractivity contribution in [2.75, 3.05) is 0 Å². The van der Waals surface area contributed by atoms with Crippen LogP contribution in [0.15, 0.2) is 152 Å². The molecule has 3 heteroatoms. The zero-order valence-corrected chi connectivity index (χ0v) is 26.1. The monoisotopic (exact) mass is 604 g/mol. The van der Waals surface area contributed by atoms with E-state index in [0.717, 1.165) is 0 Å². The van der Waals surface area contributed by atoms with E-state index in [9.17, 15) is 0 Å².